The molecule has 2 aliphatic rings. The van der Waals surface area contributed by atoms with Crippen molar-refractivity contribution in [3.8, 4) is 0 Å². The molecular weight excluding hydrogens is 432 g/mol. The van der Waals surface area contributed by atoms with E-state index in [1.54, 1.807) is 27.7 Å². The van der Waals surface area contributed by atoms with Crippen molar-refractivity contribution in [2.75, 3.05) is 6.54 Å². The van der Waals surface area contributed by atoms with E-state index in [4.69, 9.17) is 4.74 Å². The van der Waals surface area contributed by atoms with Gasteiger partial charge in [-0.3, -0.25) is 14.4 Å². The average Bonchev–Trinajstić information content (AvgIpc) is 3.43. The molecule has 5 N–H and O–H groups in total. The molecule has 0 aromatic rings. The molecule has 11 heteroatoms. The van der Waals surface area contributed by atoms with Crippen molar-refractivity contribution in [3.05, 3.63) is 0 Å². The third-order valence-corrected chi connectivity index (χ3v) is 5.66. The molecule has 5 atom stereocenters. The fourth-order valence-corrected chi connectivity index (χ4v) is 3.94. The van der Waals surface area contributed by atoms with Crippen molar-refractivity contribution in [1.82, 2.24) is 21.3 Å². The SMILES string of the molecule is C[C@@H](OC(C)(C)C)[C@H](NC(=O)O)C(=O)N[C@@H](CC1CC1)C(=O)N[C@H](C=O)C[C@@H]1CCNC1=O. The quantitative estimate of drug-likeness (QED) is 0.258. The molecular formula is C22H36N4O7. The minimum Gasteiger partial charge on any atom is -0.465 e. The second-order valence-corrected chi connectivity index (χ2v) is 9.87. The Labute approximate surface area is 193 Å². The van der Waals surface area contributed by atoms with Crippen LogP contribution in [0.3, 0.4) is 0 Å². The number of rotatable bonds is 12. The molecule has 0 unspecified atom stereocenters. The second-order valence-electron chi connectivity index (χ2n) is 9.87. The largest absolute Gasteiger partial charge is 0.465 e. The van der Waals surface area contributed by atoms with Crippen LogP contribution in [-0.4, -0.2) is 71.6 Å². The molecule has 0 radical (unpaired) electrons. The molecule has 0 aromatic carbocycles. The van der Waals surface area contributed by atoms with Crippen LogP contribution in [-0.2, 0) is 23.9 Å². The molecule has 0 aromatic heterocycles. The van der Waals surface area contributed by atoms with Crippen molar-refractivity contribution < 1.29 is 33.8 Å². The monoisotopic (exact) mass is 468 g/mol. The minimum absolute atomic E-state index is 0.144. The number of hydrogen-bond acceptors (Lipinski definition) is 6. The van der Waals surface area contributed by atoms with E-state index in [0.29, 0.717) is 25.7 Å². The topological polar surface area (TPSA) is 163 Å². The predicted octanol–water partition coefficient (Wildman–Crippen LogP) is 0.321. The van der Waals surface area contributed by atoms with Crippen molar-refractivity contribution in [3.63, 3.8) is 0 Å². The van der Waals surface area contributed by atoms with Gasteiger partial charge in [0, 0.05) is 12.5 Å². The summed E-state index contributed by atoms with van der Waals surface area (Å²) in [4.78, 5) is 60.6. The Morgan fingerprint density at radius 2 is 1.79 bits per heavy atom. The van der Waals surface area contributed by atoms with E-state index < -0.39 is 47.7 Å². The summed E-state index contributed by atoms with van der Waals surface area (Å²) in [5, 5.41) is 19.3. The first-order valence-electron chi connectivity index (χ1n) is 11.4. The van der Waals surface area contributed by atoms with Gasteiger partial charge in [-0.15, -0.1) is 0 Å². The van der Waals surface area contributed by atoms with Crippen LogP contribution in [0.5, 0.6) is 0 Å². The summed E-state index contributed by atoms with van der Waals surface area (Å²) in [7, 11) is 0. The molecule has 1 saturated heterocycles. The smallest absolute Gasteiger partial charge is 0.405 e. The number of carbonyl (C=O) groups excluding carboxylic acids is 4. The second kappa shape index (κ2) is 11.4. The molecule has 1 aliphatic heterocycles. The molecule has 33 heavy (non-hydrogen) atoms. The zero-order valence-corrected chi connectivity index (χ0v) is 19.7. The highest BCUT2D eigenvalue weighted by Gasteiger charge is 2.36. The molecule has 4 amide bonds. The lowest BCUT2D eigenvalue weighted by Crippen LogP contribution is -2.58. The molecule has 0 spiro atoms. The summed E-state index contributed by atoms with van der Waals surface area (Å²) >= 11 is 0. The Balaban J connectivity index is 2.07. The van der Waals surface area contributed by atoms with Gasteiger partial charge < -0.3 is 35.9 Å². The Kier molecular flexibility index (Phi) is 9.21. The summed E-state index contributed by atoms with van der Waals surface area (Å²) in [6.07, 6.45) is 1.42. The standard InChI is InChI=1S/C22H36N4O7/c1-12(33-22(2,3)4)17(26-21(31)32)20(30)25-16(9-13-5-6-13)19(29)24-15(11-27)10-14-7-8-23-18(14)28/h11-17,26H,5-10H2,1-4H3,(H,23,28)(H,24,29)(H,25,30)(H,31,32)/t12-,14+,15+,16+,17+/m1/s1. The molecule has 2 rings (SSSR count). The normalized spacial score (nSPS) is 21.8. The molecule has 186 valence electrons. The van der Waals surface area contributed by atoms with Crippen molar-refractivity contribution in [1.29, 1.82) is 0 Å². The fraction of sp³-hybridized carbons (Fsp3) is 0.773. The zero-order chi connectivity index (χ0) is 24.8. The highest BCUT2D eigenvalue weighted by molar-refractivity contribution is 5.92. The van der Waals surface area contributed by atoms with Crippen molar-refractivity contribution in [2.24, 2.45) is 11.8 Å². The Morgan fingerprint density at radius 3 is 2.27 bits per heavy atom. The number of amides is 4. The molecule has 11 nitrogen and oxygen atoms in total. The van der Waals surface area contributed by atoms with Crippen LogP contribution in [0.4, 0.5) is 4.79 Å². The maximum absolute atomic E-state index is 13.0. The van der Waals surface area contributed by atoms with Crippen LogP contribution in [0.25, 0.3) is 0 Å². The van der Waals surface area contributed by atoms with Gasteiger partial charge in [-0.1, -0.05) is 12.8 Å². The lowest BCUT2D eigenvalue weighted by molar-refractivity contribution is -0.135. The predicted molar refractivity (Wildman–Crippen MR) is 118 cm³/mol. The third-order valence-electron chi connectivity index (χ3n) is 5.66. The molecule has 1 aliphatic carbocycles. The van der Waals surface area contributed by atoms with E-state index in [2.05, 4.69) is 21.3 Å². The number of carboxylic acid groups (broad SMARTS) is 1. The number of hydrogen-bond donors (Lipinski definition) is 5. The summed E-state index contributed by atoms with van der Waals surface area (Å²) in [6.45, 7) is 7.47. The van der Waals surface area contributed by atoms with Crippen LogP contribution in [0.2, 0.25) is 0 Å². The van der Waals surface area contributed by atoms with Crippen LogP contribution in [0, 0.1) is 11.8 Å². The van der Waals surface area contributed by atoms with E-state index in [1.165, 1.54) is 0 Å². The first-order chi connectivity index (χ1) is 15.4. The van der Waals surface area contributed by atoms with E-state index in [-0.39, 0.29) is 24.2 Å². The highest BCUT2D eigenvalue weighted by Crippen LogP contribution is 2.33. The fourth-order valence-electron chi connectivity index (χ4n) is 3.94. The minimum atomic E-state index is -1.39. The molecule has 0 bridgehead atoms. The number of aldehydes is 1. The average molecular weight is 469 g/mol. The maximum atomic E-state index is 13.0. The van der Waals surface area contributed by atoms with Gasteiger partial charge in [0.05, 0.1) is 17.7 Å². The van der Waals surface area contributed by atoms with Gasteiger partial charge in [-0.2, -0.15) is 0 Å². The van der Waals surface area contributed by atoms with E-state index in [9.17, 15) is 29.1 Å². The lowest BCUT2D eigenvalue weighted by atomic mass is 9.98. The first kappa shape index (κ1) is 26.6. The summed E-state index contributed by atoms with van der Waals surface area (Å²) in [5.41, 5.74) is -0.618. The van der Waals surface area contributed by atoms with Gasteiger partial charge in [-0.25, -0.2) is 4.79 Å². The third kappa shape index (κ3) is 8.99. The summed E-state index contributed by atoms with van der Waals surface area (Å²) in [5.74, 6) is -1.45. The van der Waals surface area contributed by atoms with Crippen LogP contribution in [0.1, 0.15) is 59.8 Å². The van der Waals surface area contributed by atoms with Crippen molar-refractivity contribution in [2.45, 2.75) is 89.6 Å². The zero-order valence-electron chi connectivity index (χ0n) is 19.7. The van der Waals surface area contributed by atoms with Gasteiger partial charge in [0.2, 0.25) is 17.7 Å². The molecule has 1 saturated carbocycles. The van der Waals surface area contributed by atoms with Crippen LogP contribution >= 0.6 is 0 Å². The van der Waals surface area contributed by atoms with E-state index >= 15 is 0 Å². The molecule has 1 heterocycles. The van der Waals surface area contributed by atoms with E-state index in [1.807, 2.05) is 0 Å². The summed E-state index contributed by atoms with van der Waals surface area (Å²) < 4.78 is 5.75. The Bertz CT molecular complexity index is 748. The van der Waals surface area contributed by atoms with Gasteiger partial charge in [-0.05, 0) is 52.9 Å². The summed E-state index contributed by atoms with van der Waals surface area (Å²) in [6, 6.07) is -3.04. The van der Waals surface area contributed by atoms with Gasteiger partial charge in [0.25, 0.3) is 0 Å². The number of carbonyl (C=O) groups is 5. The number of ether oxygens (including phenoxy) is 1. The Morgan fingerprint density at radius 1 is 1.12 bits per heavy atom. The maximum Gasteiger partial charge on any atom is 0.405 e. The number of nitrogens with one attached hydrogen (secondary N) is 4. The van der Waals surface area contributed by atoms with Gasteiger partial charge >= 0.3 is 6.09 Å². The van der Waals surface area contributed by atoms with E-state index in [0.717, 1.165) is 12.8 Å². The van der Waals surface area contributed by atoms with Gasteiger partial charge in [0.1, 0.15) is 18.4 Å². The lowest BCUT2D eigenvalue weighted by Gasteiger charge is -2.31. The Hall–Kier alpha value is -2.69. The first-order valence-corrected chi connectivity index (χ1v) is 11.4. The molecule has 2 fully saturated rings. The van der Waals surface area contributed by atoms with Crippen LogP contribution < -0.4 is 21.3 Å². The van der Waals surface area contributed by atoms with Crippen LogP contribution in [0.15, 0.2) is 0 Å². The van der Waals surface area contributed by atoms with Gasteiger partial charge in [0.15, 0.2) is 0 Å². The highest BCUT2D eigenvalue weighted by atomic mass is 16.5. The van der Waals surface area contributed by atoms with Crippen molar-refractivity contribution >= 4 is 30.1 Å².